The van der Waals surface area contributed by atoms with E-state index in [1.165, 1.54) is 39.2 Å². The number of carbonyl (C=O) groups excluding carboxylic acids is 7. The second-order valence-electron chi connectivity index (χ2n) is 14.6. The van der Waals surface area contributed by atoms with Crippen LogP contribution in [0.25, 0.3) is 5.57 Å². The fourth-order valence-electron chi connectivity index (χ4n) is 6.96. The highest BCUT2D eigenvalue weighted by molar-refractivity contribution is 8.09. The quantitative estimate of drug-likeness (QED) is 0.103. The Bertz CT molecular complexity index is 1870. The molecule has 7 amide bonds. The third-order valence-corrected chi connectivity index (χ3v) is 12.1. The highest BCUT2D eigenvalue weighted by atomic mass is 32.2. The van der Waals surface area contributed by atoms with Crippen molar-refractivity contribution in [3.63, 3.8) is 0 Å². The van der Waals surface area contributed by atoms with Gasteiger partial charge in [0.15, 0.2) is 22.2 Å². The summed E-state index contributed by atoms with van der Waals surface area (Å²) in [6.45, 7) is 3.98. The average Bonchev–Trinajstić information content (AvgIpc) is 3.51. The molecule has 55 heavy (non-hydrogen) atoms. The molecule has 2 bridgehead atoms. The van der Waals surface area contributed by atoms with Crippen LogP contribution in [0.3, 0.4) is 0 Å². The van der Waals surface area contributed by atoms with E-state index in [0.717, 1.165) is 4.90 Å². The summed E-state index contributed by atoms with van der Waals surface area (Å²) in [6, 6.07) is -1.53. The number of benzene rings is 1. The number of rotatable bonds is 4. The number of aliphatic hydroxyl groups excluding tert-OH is 3. The Balaban J connectivity index is 1.54. The molecule has 5 aliphatic heterocycles. The zero-order valence-corrected chi connectivity index (χ0v) is 31.3. The van der Waals surface area contributed by atoms with E-state index in [0.29, 0.717) is 16.8 Å². The molecule has 2 saturated heterocycles. The summed E-state index contributed by atoms with van der Waals surface area (Å²) in [5, 5.41) is 57.9. The summed E-state index contributed by atoms with van der Waals surface area (Å²) >= 11 is -0.988. The normalized spacial score (nSPS) is 35.1. The van der Waals surface area contributed by atoms with E-state index in [-0.39, 0.29) is 18.7 Å². The van der Waals surface area contributed by atoms with Crippen LogP contribution in [0.15, 0.2) is 41.4 Å². The van der Waals surface area contributed by atoms with Crippen LogP contribution in [-0.4, -0.2) is 139 Å². The first-order valence-corrected chi connectivity index (χ1v) is 19.1. The largest absolute Gasteiger partial charge is 0.393 e. The fourth-order valence-corrected chi connectivity index (χ4v) is 9.16. The van der Waals surface area contributed by atoms with E-state index in [9.17, 15) is 54.0 Å². The zero-order valence-electron chi connectivity index (χ0n) is 30.4. The lowest BCUT2D eigenvalue weighted by atomic mass is 9.96. The van der Waals surface area contributed by atoms with Gasteiger partial charge in [0.25, 0.3) is 11.3 Å². The summed E-state index contributed by atoms with van der Waals surface area (Å²) in [5.74, 6) is -6.28. The van der Waals surface area contributed by atoms with E-state index >= 15 is 0 Å². The molecule has 11 atom stereocenters. The van der Waals surface area contributed by atoms with Crippen molar-refractivity contribution in [1.82, 2.24) is 36.8 Å². The van der Waals surface area contributed by atoms with Crippen LogP contribution in [0.4, 0.5) is 5.69 Å². The minimum atomic E-state index is -1.90. The van der Waals surface area contributed by atoms with Gasteiger partial charge in [-0.3, -0.25) is 33.6 Å². The molecule has 296 valence electrons. The first-order chi connectivity index (χ1) is 25.9. The number of carbonyl (C=O) groups is 7. The van der Waals surface area contributed by atoms with E-state index < -0.39 is 125 Å². The number of anilines is 1. The molecule has 0 aromatic heterocycles. The Labute approximate surface area is 318 Å². The third-order valence-electron chi connectivity index (χ3n) is 10.0. The number of nitrogens with zero attached hydrogens (tertiary/aromatic N) is 2. The Morgan fingerprint density at radius 2 is 1.55 bits per heavy atom. The molecular weight excluding hydrogens is 740 g/mol. The molecule has 6 rings (SSSR count). The molecule has 20 heteroatoms. The van der Waals surface area contributed by atoms with Crippen molar-refractivity contribution in [2.24, 2.45) is 0 Å². The van der Waals surface area contributed by atoms with Crippen molar-refractivity contribution in [3.8, 4) is 0 Å². The third kappa shape index (κ3) is 8.04. The maximum Gasteiger partial charge on any atom is 0.286 e. The molecule has 0 radical (unpaired) electrons. The lowest BCUT2D eigenvalue weighted by Gasteiger charge is -2.29. The van der Waals surface area contributed by atoms with Crippen LogP contribution < -0.4 is 36.2 Å². The molecule has 5 aliphatic rings. The van der Waals surface area contributed by atoms with Crippen LogP contribution >= 0.6 is 0 Å². The van der Waals surface area contributed by atoms with Crippen molar-refractivity contribution in [2.75, 3.05) is 17.5 Å². The number of nitrogens with one attached hydrogen (secondary N) is 6. The molecular formula is C35H45N8O11S+. The zero-order chi connectivity index (χ0) is 40.1. The predicted molar refractivity (Wildman–Crippen MR) is 195 cm³/mol. The number of hydrogen-bond acceptors (Lipinski definition) is 12. The van der Waals surface area contributed by atoms with Gasteiger partial charge in [-0.1, -0.05) is 18.2 Å². The Kier molecular flexibility index (Phi) is 11.0. The molecule has 0 aliphatic carbocycles. The minimum absolute atomic E-state index is 0.192. The molecule has 1 aromatic rings. The second kappa shape index (κ2) is 15.3. The lowest BCUT2D eigenvalue weighted by Crippen LogP contribution is -2.60. The molecule has 0 spiro atoms. The van der Waals surface area contributed by atoms with Gasteiger partial charge in [0.2, 0.25) is 35.4 Å². The Morgan fingerprint density at radius 1 is 0.891 bits per heavy atom. The van der Waals surface area contributed by atoms with Crippen molar-refractivity contribution in [1.29, 1.82) is 0 Å². The van der Waals surface area contributed by atoms with Gasteiger partial charge in [0.1, 0.15) is 36.3 Å². The molecule has 5 heterocycles. The van der Waals surface area contributed by atoms with Gasteiger partial charge in [-0.2, -0.15) is 0 Å². The Hall–Kier alpha value is -5.02. The van der Waals surface area contributed by atoms with Gasteiger partial charge in [-0.05, 0) is 39.8 Å². The summed E-state index contributed by atoms with van der Waals surface area (Å²) in [4.78, 5) is 97.9. The van der Waals surface area contributed by atoms with Crippen molar-refractivity contribution in [3.05, 3.63) is 47.0 Å². The van der Waals surface area contributed by atoms with Gasteiger partial charge >= 0.3 is 0 Å². The highest BCUT2D eigenvalue weighted by Gasteiger charge is 2.69. The van der Waals surface area contributed by atoms with Crippen LogP contribution in [0.1, 0.15) is 46.1 Å². The number of fused-ring (bicyclic) bond motifs is 4. The lowest BCUT2D eigenvalue weighted by molar-refractivity contribution is -0.138. The van der Waals surface area contributed by atoms with Crippen molar-refractivity contribution < 1.29 is 54.0 Å². The molecule has 2 fully saturated rings. The minimum Gasteiger partial charge on any atom is -0.393 e. The maximum absolute atomic E-state index is 14.4. The molecule has 1 aromatic carbocycles. The van der Waals surface area contributed by atoms with Crippen LogP contribution in [-0.2, 0) is 44.6 Å². The average molecular weight is 786 g/mol. The Morgan fingerprint density at radius 3 is 2.22 bits per heavy atom. The second-order valence-corrected chi connectivity index (χ2v) is 16.4. The standard InChI is InChI=1S/C35H44N8O11S/c1-15-27(47)38-21-10-20-19-7-5-6-8-24(19)43-34(20)55(43)13-23(33(53)42-12-18(46)9-25(42)31(51)37-15)40-32(52)26(17(3)45)41-28(48)16(2)36-30(50)22(39-29(21)49)11-35(4,54)14-44/h5-8,10,13,15-18,21-22,25-26,34,44-46,54H,9,11-12,14H2,1-4H3,(H5-,36,37,38,39,40,41,47,48,49,50,51,52)/p+1/b20-10+,23-13+/t15-,16-,17+,18+,21-,22-,25-,26+,34-,35+,43?,55?/m0/s1. The van der Waals surface area contributed by atoms with Gasteiger partial charge in [0, 0.05) is 30.5 Å². The van der Waals surface area contributed by atoms with Gasteiger partial charge in [0.05, 0.1) is 30.1 Å². The number of aliphatic hydroxyl groups is 4. The van der Waals surface area contributed by atoms with E-state index in [1.54, 1.807) is 18.2 Å². The predicted octanol–water partition coefficient (Wildman–Crippen LogP) is -4.31. The SMILES string of the molecule is C[C@@H]1NC(=O)[C@H](C[C@@](C)(O)CO)NC(=O)[C@@H]2/C=C3\c4ccccc4N4[C@H]3[S+]4/C=C(/NC(=O)[C@@H]([C@@H](C)O)NC1=O)C(=O)N1C[C@H](O)C[C@H]1C(=O)N[C@@H](C)C(=O)N2. The number of hydrogen-bond donors (Lipinski definition) is 10. The van der Waals surface area contributed by atoms with Gasteiger partial charge < -0.3 is 57.2 Å². The monoisotopic (exact) mass is 785 g/mol. The fraction of sp³-hybridized carbons (Fsp3) is 0.514. The van der Waals surface area contributed by atoms with Crippen molar-refractivity contribution >= 4 is 63.7 Å². The first-order valence-electron chi connectivity index (χ1n) is 17.8. The summed E-state index contributed by atoms with van der Waals surface area (Å²) in [6.07, 6.45) is -1.90. The van der Waals surface area contributed by atoms with E-state index in [2.05, 4.69) is 31.9 Å². The molecule has 1 unspecified atom stereocenters. The van der Waals surface area contributed by atoms with Gasteiger partial charge in [-0.15, -0.1) is 4.31 Å². The number of amides is 7. The smallest absolute Gasteiger partial charge is 0.286 e. The summed E-state index contributed by atoms with van der Waals surface area (Å²) in [5.41, 5.74) is -0.244. The summed E-state index contributed by atoms with van der Waals surface area (Å²) < 4.78 is 1.92. The summed E-state index contributed by atoms with van der Waals surface area (Å²) in [7, 11) is 0. The topological polar surface area (TPSA) is 279 Å². The maximum atomic E-state index is 14.4. The van der Waals surface area contributed by atoms with Crippen LogP contribution in [0.5, 0.6) is 0 Å². The highest BCUT2D eigenvalue weighted by Crippen LogP contribution is 2.56. The van der Waals surface area contributed by atoms with Gasteiger partial charge in [-0.25, -0.2) is 0 Å². The number of para-hydroxylation sites is 1. The molecule has 19 nitrogen and oxygen atoms in total. The molecule has 0 saturated carbocycles. The first kappa shape index (κ1) is 39.7. The van der Waals surface area contributed by atoms with E-state index in [1.807, 2.05) is 10.4 Å². The van der Waals surface area contributed by atoms with Crippen LogP contribution in [0, 0.1) is 0 Å². The van der Waals surface area contributed by atoms with Crippen molar-refractivity contribution in [2.45, 2.75) is 100.0 Å². The van der Waals surface area contributed by atoms with Crippen LogP contribution in [0.2, 0.25) is 0 Å². The van der Waals surface area contributed by atoms with E-state index in [4.69, 9.17) is 0 Å². The molecule has 10 N–H and O–H groups in total.